The molecular formula is C20H24N6O3. The number of amides is 2. The molecule has 0 radical (unpaired) electrons. The second-order valence-corrected chi connectivity index (χ2v) is 6.96. The van der Waals surface area contributed by atoms with Crippen LogP contribution in [0.25, 0.3) is 16.9 Å². The molecule has 1 saturated heterocycles. The number of hydrogen-bond donors (Lipinski definition) is 3. The van der Waals surface area contributed by atoms with Crippen molar-refractivity contribution < 1.29 is 14.6 Å². The van der Waals surface area contributed by atoms with Crippen LogP contribution in [-0.4, -0.2) is 64.7 Å². The highest BCUT2D eigenvalue weighted by Gasteiger charge is 2.18. The molecule has 3 aromatic rings. The first-order valence-electron chi connectivity index (χ1n) is 9.61. The van der Waals surface area contributed by atoms with Gasteiger partial charge in [-0.3, -0.25) is 0 Å². The zero-order chi connectivity index (χ0) is 20.2. The number of aromatic nitrogens is 3. The van der Waals surface area contributed by atoms with Gasteiger partial charge in [-0.05, 0) is 43.3 Å². The van der Waals surface area contributed by atoms with Gasteiger partial charge in [0.1, 0.15) is 5.52 Å². The number of carbonyl (C=O) groups excluding carboxylic acids is 1. The van der Waals surface area contributed by atoms with Crippen LogP contribution >= 0.6 is 0 Å². The van der Waals surface area contributed by atoms with Gasteiger partial charge < -0.3 is 25.4 Å². The number of rotatable bonds is 5. The van der Waals surface area contributed by atoms with E-state index in [-0.39, 0.29) is 12.6 Å². The first-order chi connectivity index (χ1) is 14.1. The van der Waals surface area contributed by atoms with Crippen molar-refractivity contribution in [3.05, 3.63) is 42.6 Å². The number of carbonyl (C=O) groups is 1. The van der Waals surface area contributed by atoms with E-state index in [2.05, 4.69) is 20.6 Å². The number of aliphatic hydroxyl groups excluding tert-OH is 1. The maximum absolute atomic E-state index is 11.8. The van der Waals surface area contributed by atoms with Crippen molar-refractivity contribution in [2.24, 2.45) is 0 Å². The highest BCUT2D eigenvalue weighted by Crippen LogP contribution is 2.25. The molecule has 0 unspecified atom stereocenters. The zero-order valence-corrected chi connectivity index (χ0v) is 16.2. The lowest BCUT2D eigenvalue weighted by atomic mass is 10.2. The summed E-state index contributed by atoms with van der Waals surface area (Å²) in [5.74, 6) is 1.50. The summed E-state index contributed by atoms with van der Waals surface area (Å²) in [7, 11) is 0. The summed E-state index contributed by atoms with van der Waals surface area (Å²) in [6.45, 7) is 4.76. The van der Waals surface area contributed by atoms with Crippen molar-refractivity contribution in [3.63, 3.8) is 0 Å². The predicted molar refractivity (Wildman–Crippen MR) is 110 cm³/mol. The van der Waals surface area contributed by atoms with Crippen LogP contribution < -0.4 is 15.5 Å². The van der Waals surface area contributed by atoms with E-state index in [1.54, 1.807) is 19.1 Å². The highest BCUT2D eigenvalue weighted by atomic mass is 16.5. The molecule has 0 aliphatic carbocycles. The standard InChI is InChI=1S/C20H24N6O3/c1-14(27)13-21-20(28)22-16-6-4-15(5-7-16)18-23-19(25-9-11-29-12-10-25)17-3-2-8-26(17)24-18/h2-8,14,27H,9-13H2,1H3,(H2,21,22,28)/t14-/m1/s1. The van der Waals surface area contributed by atoms with Gasteiger partial charge in [-0.2, -0.15) is 0 Å². The van der Waals surface area contributed by atoms with Gasteiger partial charge in [-0.25, -0.2) is 14.3 Å². The average Bonchev–Trinajstić information content (AvgIpc) is 3.21. The molecule has 9 heteroatoms. The van der Waals surface area contributed by atoms with E-state index in [1.165, 1.54) is 0 Å². The molecule has 1 atom stereocenters. The zero-order valence-electron chi connectivity index (χ0n) is 16.2. The molecule has 0 saturated carbocycles. The lowest BCUT2D eigenvalue weighted by Gasteiger charge is -2.28. The van der Waals surface area contributed by atoms with Gasteiger partial charge in [-0.15, -0.1) is 5.10 Å². The minimum atomic E-state index is -0.593. The Morgan fingerprint density at radius 2 is 2.00 bits per heavy atom. The van der Waals surface area contributed by atoms with Crippen molar-refractivity contribution in [2.45, 2.75) is 13.0 Å². The number of nitrogens with one attached hydrogen (secondary N) is 2. The minimum absolute atomic E-state index is 0.193. The number of anilines is 2. The predicted octanol–water partition coefficient (Wildman–Crippen LogP) is 1.74. The first kappa shape index (κ1) is 19.2. The van der Waals surface area contributed by atoms with E-state index in [4.69, 9.17) is 9.72 Å². The lowest BCUT2D eigenvalue weighted by Crippen LogP contribution is -2.37. The van der Waals surface area contributed by atoms with Crippen LogP contribution in [0.3, 0.4) is 0 Å². The smallest absolute Gasteiger partial charge is 0.319 e. The fourth-order valence-electron chi connectivity index (χ4n) is 3.17. The molecule has 2 amide bonds. The van der Waals surface area contributed by atoms with Crippen molar-refractivity contribution in [3.8, 4) is 11.4 Å². The summed E-state index contributed by atoms with van der Waals surface area (Å²) in [5.41, 5.74) is 2.46. The number of hydrogen-bond acceptors (Lipinski definition) is 6. The summed E-state index contributed by atoms with van der Waals surface area (Å²) >= 11 is 0. The average molecular weight is 396 g/mol. The van der Waals surface area contributed by atoms with Crippen LogP contribution in [-0.2, 0) is 4.74 Å². The Kier molecular flexibility index (Phi) is 5.59. The molecule has 9 nitrogen and oxygen atoms in total. The molecule has 4 rings (SSSR count). The molecule has 1 aliphatic rings. The van der Waals surface area contributed by atoms with E-state index >= 15 is 0 Å². The van der Waals surface area contributed by atoms with Crippen molar-refractivity contribution in [1.82, 2.24) is 19.9 Å². The fraction of sp³-hybridized carbons (Fsp3) is 0.350. The topological polar surface area (TPSA) is 104 Å². The number of urea groups is 1. The van der Waals surface area contributed by atoms with Crippen LogP contribution in [0.15, 0.2) is 42.6 Å². The lowest BCUT2D eigenvalue weighted by molar-refractivity contribution is 0.122. The van der Waals surface area contributed by atoms with Crippen LogP contribution in [0.1, 0.15) is 6.92 Å². The third-order valence-corrected chi connectivity index (χ3v) is 4.64. The van der Waals surface area contributed by atoms with Crippen molar-refractivity contribution in [2.75, 3.05) is 43.1 Å². The number of nitrogens with zero attached hydrogens (tertiary/aromatic N) is 4. The summed E-state index contributed by atoms with van der Waals surface area (Å²) < 4.78 is 7.30. The SMILES string of the molecule is C[C@@H](O)CNC(=O)Nc1ccc(-c2nc(N3CCOCC3)c3cccn3n2)cc1. The van der Waals surface area contributed by atoms with E-state index in [1.807, 2.05) is 35.0 Å². The Morgan fingerprint density at radius 3 is 2.72 bits per heavy atom. The van der Waals surface area contributed by atoms with Crippen LogP contribution in [0.5, 0.6) is 0 Å². The second kappa shape index (κ2) is 8.46. The Hall–Kier alpha value is -3.17. The molecule has 2 aromatic heterocycles. The first-order valence-corrected chi connectivity index (χ1v) is 9.61. The van der Waals surface area contributed by atoms with Crippen LogP contribution in [0.2, 0.25) is 0 Å². The number of ether oxygens (including phenoxy) is 1. The fourth-order valence-corrected chi connectivity index (χ4v) is 3.17. The highest BCUT2D eigenvalue weighted by molar-refractivity contribution is 5.89. The summed E-state index contributed by atoms with van der Waals surface area (Å²) in [5, 5.41) is 19.2. The maximum Gasteiger partial charge on any atom is 0.319 e. The van der Waals surface area contributed by atoms with Gasteiger partial charge in [0.2, 0.25) is 0 Å². The molecule has 1 fully saturated rings. The monoisotopic (exact) mass is 396 g/mol. The van der Waals surface area contributed by atoms with E-state index in [9.17, 15) is 9.90 Å². The maximum atomic E-state index is 11.8. The molecule has 152 valence electrons. The van der Waals surface area contributed by atoms with Crippen molar-refractivity contribution in [1.29, 1.82) is 0 Å². The van der Waals surface area contributed by atoms with Crippen molar-refractivity contribution >= 4 is 23.1 Å². The molecular weight excluding hydrogens is 372 g/mol. The molecule has 3 N–H and O–H groups in total. The summed E-state index contributed by atoms with van der Waals surface area (Å²) in [6.07, 6.45) is 1.32. The third-order valence-electron chi connectivity index (χ3n) is 4.64. The third kappa shape index (κ3) is 4.47. The number of benzene rings is 1. The molecule has 1 aliphatic heterocycles. The Morgan fingerprint density at radius 1 is 1.24 bits per heavy atom. The van der Waals surface area contributed by atoms with E-state index < -0.39 is 6.10 Å². The van der Waals surface area contributed by atoms with E-state index in [0.29, 0.717) is 24.7 Å². The van der Waals surface area contributed by atoms with Gasteiger partial charge in [-0.1, -0.05) is 0 Å². The summed E-state index contributed by atoms with van der Waals surface area (Å²) in [6, 6.07) is 10.9. The number of fused-ring (bicyclic) bond motifs is 1. The summed E-state index contributed by atoms with van der Waals surface area (Å²) in [4.78, 5) is 18.9. The van der Waals surface area contributed by atoms with E-state index in [0.717, 1.165) is 30.0 Å². The van der Waals surface area contributed by atoms with Gasteiger partial charge in [0, 0.05) is 37.1 Å². The Balaban J connectivity index is 1.55. The Bertz CT molecular complexity index is 980. The van der Waals surface area contributed by atoms with Crippen LogP contribution in [0.4, 0.5) is 16.3 Å². The number of aliphatic hydroxyl groups is 1. The normalized spacial score (nSPS) is 15.3. The molecule has 0 bridgehead atoms. The minimum Gasteiger partial charge on any atom is -0.392 e. The molecule has 0 spiro atoms. The quantitative estimate of drug-likeness (QED) is 0.607. The van der Waals surface area contributed by atoms with Gasteiger partial charge >= 0.3 is 6.03 Å². The van der Waals surface area contributed by atoms with Crippen LogP contribution in [0, 0.1) is 0 Å². The molecule has 3 heterocycles. The van der Waals surface area contributed by atoms with Gasteiger partial charge in [0.15, 0.2) is 11.6 Å². The number of morpholine rings is 1. The molecule has 29 heavy (non-hydrogen) atoms. The van der Waals surface area contributed by atoms with Gasteiger partial charge in [0.25, 0.3) is 0 Å². The Labute approximate surface area is 168 Å². The second-order valence-electron chi connectivity index (χ2n) is 6.96. The molecule has 1 aromatic carbocycles. The van der Waals surface area contributed by atoms with Gasteiger partial charge in [0.05, 0.1) is 19.3 Å². The largest absolute Gasteiger partial charge is 0.392 e.